The molecule has 0 aliphatic carbocycles. The molecule has 0 saturated carbocycles. The zero-order valence-electron chi connectivity index (χ0n) is 16.0. The van der Waals surface area contributed by atoms with E-state index in [1.54, 1.807) is 26.4 Å². The third kappa shape index (κ3) is 4.11. The van der Waals surface area contributed by atoms with Gasteiger partial charge in [-0.15, -0.1) is 0 Å². The summed E-state index contributed by atoms with van der Waals surface area (Å²) in [6.07, 6.45) is 0. The van der Waals surface area contributed by atoms with E-state index >= 15 is 0 Å². The van der Waals surface area contributed by atoms with Gasteiger partial charge < -0.3 is 19.2 Å². The molecule has 142 valence electrons. The van der Waals surface area contributed by atoms with Crippen LogP contribution in [0.15, 0.2) is 41.2 Å². The lowest BCUT2D eigenvalue weighted by molar-refractivity contribution is 0.180. The first-order chi connectivity index (χ1) is 13.0. The molecule has 27 heavy (non-hydrogen) atoms. The van der Waals surface area contributed by atoms with Crippen LogP contribution in [0.1, 0.15) is 36.7 Å². The van der Waals surface area contributed by atoms with E-state index in [0.717, 1.165) is 16.9 Å². The van der Waals surface area contributed by atoms with Crippen LogP contribution in [-0.2, 0) is 18.0 Å². The minimum Gasteiger partial charge on any atom is -0.497 e. The van der Waals surface area contributed by atoms with Gasteiger partial charge in [-0.3, -0.25) is 4.79 Å². The van der Waals surface area contributed by atoms with Crippen LogP contribution in [0, 0.1) is 0 Å². The first-order valence-corrected chi connectivity index (χ1v) is 8.84. The largest absolute Gasteiger partial charge is 0.497 e. The van der Waals surface area contributed by atoms with Crippen LogP contribution in [0.2, 0.25) is 0 Å². The second-order valence-electron chi connectivity index (χ2n) is 6.61. The Labute approximate surface area is 158 Å². The van der Waals surface area contributed by atoms with Gasteiger partial charge in [0.05, 0.1) is 24.6 Å². The van der Waals surface area contributed by atoms with Crippen LogP contribution in [0.3, 0.4) is 0 Å². The molecule has 0 bridgehead atoms. The SMILES string of the molecule is COCc1c(OCc2ccc(OC)cc2)ccc2c(=O)[nH]c(C(C)C)nc12. The molecule has 0 unspecified atom stereocenters. The molecule has 0 aliphatic rings. The van der Waals surface area contributed by atoms with E-state index in [0.29, 0.717) is 35.7 Å². The number of aromatic amines is 1. The minimum absolute atomic E-state index is 0.112. The summed E-state index contributed by atoms with van der Waals surface area (Å²) in [4.78, 5) is 19.9. The summed E-state index contributed by atoms with van der Waals surface area (Å²) in [5.41, 5.74) is 2.26. The average molecular weight is 368 g/mol. The lowest BCUT2D eigenvalue weighted by Gasteiger charge is -2.14. The van der Waals surface area contributed by atoms with Crippen LogP contribution < -0.4 is 15.0 Å². The highest BCUT2D eigenvalue weighted by Crippen LogP contribution is 2.28. The van der Waals surface area contributed by atoms with Gasteiger partial charge in [0.25, 0.3) is 5.56 Å². The van der Waals surface area contributed by atoms with Crippen LogP contribution in [0.25, 0.3) is 10.9 Å². The predicted octanol–water partition coefficient (Wildman–Crippen LogP) is 3.78. The number of aromatic nitrogens is 2. The van der Waals surface area contributed by atoms with Crippen molar-refractivity contribution < 1.29 is 14.2 Å². The van der Waals surface area contributed by atoms with Gasteiger partial charge in [-0.1, -0.05) is 26.0 Å². The van der Waals surface area contributed by atoms with Gasteiger partial charge in [0.1, 0.15) is 23.9 Å². The van der Waals surface area contributed by atoms with Gasteiger partial charge in [-0.2, -0.15) is 0 Å². The van der Waals surface area contributed by atoms with Crippen LogP contribution in [-0.4, -0.2) is 24.2 Å². The van der Waals surface area contributed by atoms with Crippen molar-refractivity contribution >= 4 is 10.9 Å². The summed E-state index contributed by atoms with van der Waals surface area (Å²) in [6.45, 7) is 4.68. The minimum atomic E-state index is -0.150. The van der Waals surface area contributed by atoms with Gasteiger partial charge in [0.15, 0.2) is 0 Å². The van der Waals surface area contributed by atoms with E-state index in [2.05, 4.69) is 9.97 Å². The van der Waals surface area contributed by atoms with Crippen molar-refractivity contribution in [2.24, 2.45) is 0 Å². The Morgan fingerprint density at radius 3 is 2.41 bits per heavy atom. The van der Waals surface area contributed by atoms with Gasteiger partial charge in [0, 0.05) is 18.6 Å². The Balaban J connectivity index is 1.98. The number of nitrogens with one attached hydrogen (secondary N) is 1. The molecule has 0 amide bonds. The van der Waals surface area contributed by atoms with E-state index in [1.165, 1.54) is 0 Å². The van der Waals surface area contributed by atoms with Crippen molar-refractivity contribution in [2.75, 3.05) is 14.2 Å². The summed E-state index contributed by atoms with van der Waals surface area (Å²) in [5, 5.41) is 0.531. The molecular formula is C21H24N2O4. The van der Waals surface area contributed by atoms with E-state index in [4.69, 9.17) is 14.2 Å². The predicted molar refractivity (Wildman–Crippen MR) is 104 cm³/mol. The number of hydrogen-bond acceptors (Lipinski definition) is 5. The summed E-state index contributed by atoms with van der Waals surface area (Å²) in [6, 6.07) is 11.2. The zero-order chi connectivity index (χ0) is 19.4. The number of H-pyrrole nitrogens is 1. The highest BCUT2D eigenvalue weighted by atomic mass is 16.5. The van der Waals surface area contributed by atoms with Crippen molar-refractivity contribution in [1.29, 1.82) is 0 Å². The molecule has 1 aromatic heterocycles. The fourth-order valence-corrected chi connectivity index (χ4v) is 2.84. The molecule has 0 radical (unpaired) electrons. The molecule has 3 aromatic rings. The van der Waals surface area contributed by atoms with E-state index in [9.17, 15) is 4.79 Å². The molecule has 0 fully saturated rings. The quantitative estimate of drug-likeness (QED) is 0.687. The normalized spacial score (nSPS) is 11.1. The molecule has 0 saturated heterocycles. The van der Waals surface area contributed by atoms with Gasteiger partial charge >= 0.3 is 0 Å². The van der Waals surface area contributed by atoms with E-state index < -0.39 is 0 Å². The zero-order valence-corrected chi connectivity index (χ0v) is 16.0. The van der Waals surface area contributed by atoms with Crippen molar-refractivity contribution in [1.82, 2.24) is 9.97 Å². The highest BCUT2D eigenvalue weighted by molar-refractivity contribution is 5.83. The average Bonchev–Trinajstić information content (AvgIpc) is 2.67. The Bertz CT molecular complexity index is 978. The van der Waals surface area contributed by atoms with Crippen LogP contribution >= 0.6 is 0 Å². The van der Waals surface area contributed by atoms with Crippen molar-refractivity contribution in [3.63, 3.8) is 0 Å². The molecule has 6 nitrogen and oxygen atoms in total. The number of benzene rings is 2. The number of hydrogen-bond donors (Lipinski definition) is 1. The fraction of sp³-hybridized carbons (Fsp3) is 0.333. The second kappa shape index (κ2) is 8.22. The maximum atomic E-state index is 12.4. The topological polar surface area (TPSA) is 73.4 Å². The molecule has 2 aromatic carbocycles. The number of rotatable bonds is 7. The lowest BCUT2D eigenvalue weighted by Crippen LogP contribution is -2.14. The summed E-state index contributed by atoms with van der Waals surface area (Å²) in [7, 11) is 3.25. The lowest BCUT2D eigenvalue weighted by atomic mass is 10.1. The maximum absolute atomic E-state index is 12.4. The number of methoxy groups -OCH3 is 2. The van der Waals surface area contributed by atoms with Crippen molar-refractivity contribution in [3.8, 4) is 11.5 Å². The third-order valence-corrected chi connectivity index (χ3v) is 4.35. The Hall–Kier alpha value is -2.86. The molecule has 0 aliphatic heterocycles. The molecule has 1 N–H and O–H groups in total. The second-order valence-corrected chi connectivity index (χ2v) is 6.61. The van der Waals surface area contributed by atoms with E-state index in [1.807, 2.05) is 38.1 Å². The van der Waals surface area contributed by atoms with Crippen LogP contribution in [0.4, 0.5) is 0 Å². The van der Waals surface area contributed by atoms with Crippen molar-refractivity contribution in [2.45, 2.75) is 33.0 Å². The molecular weight excluding hydrogens is 344 g/mol. The highest BCUT2D eigenvalue weighted by Gasteiger charge is 2.15. The molecule has 3 rings (SSSR count). The third-order valence-electron chi connectivity index (χ3n) is 4.35. The van der Waals surface area contributed by atoms with E-state index in [-0.39, 0.29) is 11.5 Å². The number of fused-ring (bicyclic) bond motifs is 1. The molecule has 0 atom stereocenters. The Morgan fingerprint density at radius 1 is 1.04 bits per heavy atom. The van der Waals surface area contributed by atoms with Crippen LogP contribution in [0.5, 0.6) is 11.5 Å². The van der Waals surface area contributed by atoms with Gasteiger partial charge in [-0.05, 0) is 29.8 Å². The molecule has 1 heterocycles. The maximum Gasteiger partial charge on any atom is 0.258 e. The Kier molecular flexibility index (Phi) is 5.76. The molecule has 6 heteroatoms. The summed E-state index contributed by atoms with van der Waals surface area (Å²) in [5.74, 6) is 2.22. The Morgan fingerprint density at radius 2 is 1.78 bits per heavy atom. The van der Waals surface area contributed by atoms with Crippen molar-refractivity contribution in [3.05, 3.63) is 63.7 Å². The molecule has 0 spiro atoms. The number of ether oxygens (including phenoxy) is 3. The standard InChI is InChI=1S/C21H24N2O4/c1-13(2)20-22-19-16(21(24)23-20)9-10-18(17(19)12-25-3)27-11-14-5-7-15(26-4)8-6-14/h5-10,13H,11-12H2,1-4H3,(H,22,23,24). The summed E-state index contributed by atoms with van der Waals surface area (Å²) >= 11 is 0. The number of nitrogens with zero attached hydrogens (tertiary/aromatic N) is 1. The fourth-order valence-electron chi connectivity index (χ4n) is 2.84. The monoisotopic (exact) mass is 368 g/mol. The first-order valence-electron chi connectivity index (χ1n) is 8.84. The van der Waals surface area contributed by atoms with Gasteiger partial charge in [-0.25, -0.2) is 4.98 Å². The van der Waals surface area contributed by atoms with Gasteiger partial charge in [0.2, 0.25) is 0 Å². The smallest absolute Gasteiger partial charge is 0.258 e. The summed E-state index contributed by atoms with van der Waals surface area (Å²) < 4.78 is 16.5. The first kappa shape index (κ1) is 18.9.